The molecule has 23 heavy (non-hydrogen) atoms. The van der Waals surface area contributed by atoms with Crippen LogP contribution in [0.15, 0.2) is 17.8 Å². The highest BCUT2D eigenvalue weighted by Gasteiger charge is 2.32. The van der Waals surface area contributed by atoms with Crippen molar-refractivity contribution in [2.75, 3.05) is 24.5 Å². The highest BCUT2D eigenvalue weighted by atomic mass is 32.1. The van der Waals surface area contributed by atoms with Crippen LogP contribution in [0.25, 0.3) is 10.2 Å². The van der Waals surface area contributed by atoms with Crippen molar-refractivity contribution < 1.29 is 18.0 Å². The summed E-state index contributed by atoms with van der Waals surface area (Å²) in [5.74, 6) is -0.276. The zero-order chi connectivity index (χ0) is 16.4. The molecule has 2 aromatic rings. The van der Waals surface area contributed by atoms with Gasteiger partial charge in [-0.25, -0.2) is 9.97 Å². The lowest BCUT2D eigenvalue weighted by atomic mass is 9.97. The van der Waals surface area contributed by atoms with E-state index >= 15 is 0 Å². The Morgan fingerprint density at radius 3 is 3.04 bits per heavy atom. The molecule has 1 atom stereocenters. The quantitative estimate of drug-likeness (QED) is 0.930. The maximum Gasteiger partial charge on any atom is 0.405 e. The number of anilines is 1. The molecule has 1 saturated heterocycles. The molecule has 0 bridgehead atoms. The normalized spacial score (nSPS) is 19.1. The number of carbonyl (C=O) groups is 1. The number of thiophene rings is 1. The number of carbonyl (C=O) groups excluding carboxylic acids is 1. The van der Waals surface area contributed by atoms with Crippen molar-refractivity contribution in [3.63, 3.8) is 0 Å². The number of hydrogen-bond acceptors (Lipinski definition) is 5. The highest BCUT2D eigenvalue weighted by Crippen LogP contribution is 2.30. The molecule has 9 heteroatoms. The average molecular weight is 344 g/mol. The van der Waals surface area contributed by atoms with E-state index in [0.29, 0.717) is 13.0 Å². The molecule has 0 spiro atoms. The third kappa shape index (κ3) is 3.72. The average Bonchev–Trinajstić information content (AvgIpc) is 3.00. The molecule has 1 unspecified atom stereocenters. The van der Waals surface area contributed by atoms with E-state index < -0.39 is 24.5 Å². The fourth-order valence-electron chi connectivity index (χ4n) is 2.74. The maximum absolute atomic E-state index is 12.2. The van der Waals surface area contributed by atoms with Crippen molar-refractivity contribution in [2.24, 2.45) is 5.92 Å². The second kappa shape index (κ2) is 6.31. The van der Waals surface area contributed by atoms with Gasteiger partial charge in [0, 0.05) is 13.1 Å². The van der Waals surface area contributed by atoms with Crippen LogP contribution < -0.4 is 10.2 Å². The SMILES string of the molecule is O=C(NCC(F)(F)F)C1CCCN(c2ncnc3sccc23)C1. The third-order valence-corrected chi connectivity index (χ3v) is 4.62. The third-order valence-electron chi connectivity index (χ3n) is 3.80. The zero-order valence-electron chi connectivity index (χ0n) is 12.1. The molecule has 0 radical (unpaired) electrons. The molecule has 0 aliphatic carbocycles. The Morgan fingerprint density at radius 1 is 1.43 bits per heavy atom. The molecule has 0 aromatic carbocycles. The van der Waals surface area contributed by atoms with Crippen LogP contribution >= 0.6 is 11.3 Å². The molecular formula is C14H15F3N4OS. The summed E-state index contributed by atoms with van der Waals surface area (Å²) in [6.07, 6.45) is -1.60. The van der Waals surface area contributed by atoms with Crippen molar-refractivity contribution >= 4 is 33.3 Å². The Hall–Kier alpha value is -1.90. The van der Waals surface area contributed by atoms with Gasteiger partial charge in [-0.1, -0.05) is 0 Å². The topological polar surface area (TPSA) is 58.1 Å². The molecule has 3 heterocycles. The number of rotatable bonds is 3. The van der Waals surface area contributed by atoms with Crippen LogP contribution in [0.5, 0.6) is 0 Å². The summed E-state index contributed by atoms with van der Waals surface area (Å²) in [4.78, 5) is 23.3. The molecule has 1 amide bonds. The number of aromatic nitrogens is 2. The lowest BCUT2D eigenvalue weighted by Gasteiger charge is -2.33. The van der Waals surface area contributed by atoms with E-state index in [1.54, 1.807) is 0 Å². The zero-order valence-corrected chi connectivity index (χ0v) is 13.0. The minimum Gasteiger partial charge on any atom is -0.355 e. The maximum atomic E-state index is 12.2. The number of halogens is 3. The van der Waals surface area contributed by atoms with Crippen LogP contribution in [0.2, 0.25) is 0 Å². The van der Waals surface area contributed by atoms with Crippen LogP contribution in [-0.2, 0) is 4.79 Å². The summed E-state index contributed by atoms with van der Waals surface area (Å²) in [6, 6.07) is 1.92. The van der Waals surface area contributed by atoms with Crippen molar-refractivity contribution in [2.45, 2.75) is 19.0 Å². The first-order valence-electron chi connectivity index (χ1n) is 7.21. The summed E-state index contributed by atoms with van der Waals surface area (Å²) >= 11 is 1.50. The van der Waals surface area contributed by atoms with Gasteiger partial charge in [-0.2, -0.15) is 13.2 Å². The van der Waals surface area contributed by atoms with Crippen LogP contribution in [0.1, 0.15) is 12.8 Å². The van der Waals surface area contributed by atoms with Gasteiger partial charge in [-0.15, -0.1) is 11.3 Å². The monoisotopic (exact) mass is 344 g/mol. The number of piperidine rings is 1. The van der Waals surface area contributed by atoms with Crippen molar-refractivity contribution in [3.05, 3.63) is 17.8 Å². The Balaban J connectivity index is 1.71. The Morgan fingerprint density at radius 2 is 2.26 bits per heavy atom. The number of amides is 1. The fourth-order valence-corrected chi connectivity index (χ4v) is 3.47. The van der Waals surface area contributed by atoms with E-state index in [0.717, 1.165) is 29.0 Å². The first-order valence-corrected chi connectivity index (χ1v) is 8.09. The number of nitrogens with zero attached hydrogens (tertiary/aromatic N) is 3. The molecule has 5 nitrogen and oxygen atoms in total. The second-order valence-electron chi connectivity index (χ2n) is 5.45. The smallest absolute Gasteiger partial charge is 0.355 e. The van der Waals surface area contributed by atoms with Crippen molar-refractivity contribution in [1.29, 1.82) is 0 Å². The van der Waals surface area contributed by atoms with Gasteiger partial charge in [0.25, 0.3) is 0 Å². The fraction of sp³-hybridized carbons (Fsp3) is 0.500. The molecule has 1 N–H and O–H groups in total. The van der Waals surface area contributed by atoms with Crippen LogP contribution in [0, 0.1) is 5.92 Å². The number of alkyl halides is 3. The van der Waals surface area contributed by atoms with E-state index in [9.17, 15) is 18.0 Å². The molecule has 2 aromatic heterocycles. The van der Waals surface area contributed by atoms with E-state index in [4.69, 9.17) is 0 Å². The van der Waals surface area contributed by atoms with Gasteiger partial charge in [0.15, 0.2) is 0 Å². The summed E-state index contributed by atoms with van der Waals surface area (Å²) in [7, 11) is 0. The molecule has 1 fully saturated rings. The summed E-state index contributed by atoms with van der Waals surface area (Å²) in [5.41, 5.74) is 0. The van der Waals surface area contributed by atoms with Gasteiger partial charge >= 0.3 is 6.18 Å². The van der Waals surface area contributed by atoms with Crippen LogP contribution in [-0.4, -0.2) is 41.7 Å². The first-order chi connectivity index (χ1) is 10.9. The summed E-state index contributed by atoms with van der Waals surface area (Å²) in [6.45, 7) is -0.193. The molecular weight excluding hydrogens is 329 g/mol. The minimum absolute atomic E-state index is 0.367. The van der Waals surface area contributed by atoms with Gasteiger partial charge in [0.1, 0.15) is 23.5 Å². The number of nitrogens with one attached hydrogen (secondary N) is 1. The lowest BCUT2D eigenvalue weighted by Crippen LogP contribution is -2.45. The van der Waals surface area contributed by atoms with E-state index in [1.165, 1.54) is 17.7 Å². The predicted octanol–water partition coefficient (Wildman–Crippen LogP) is 2.59. The largest absolute Gasteiger partial charge is 0.405 e. The number of hydrogen-bond donors (Lipinski definition) is 1. The predicted molar refractivity (Wildman–Crippen MR) is 81.4 cm³/mol. The molecule has 124 valence electrons. The van der Waals surface area contributed by atoms with Gasteiger partial charge in [-0.3, -0.25) is 4.79 Å². The molecule has 1 aliphatic rings. The van der Waals surface area contributed by atoms with E-state index in [1.807, 2.05) is 21.7 Å². The molecule has 1 aliphatic heterocycles. The highest BCUT2D eigenvalue weighted by molar-refractivity contribution is 7.16. The Kier molecular flexibility index (Phi) is 4.38. The van der Waals surface area contributed by atoms with Gasteiger partial charge in [-0.05, 0) is 24.3 Å². The summed E-state index contributed by atoms with van der Waals surface area (Å²) in [5, 5.41) is 4.80. The van der Waals surface area contributed by atoms with Crippen LogP contribution in [0.4, 0.5) is 19.0 Å². The first kappa shape index (κ1) is 16.0. The van der Waals surface area contributed by atoms with Gasteiger partial charge in [0.05, 0.1) is 11.3 Å². The number of fused-ring (bicyclic) bond motifs is 1. The van der Waals surface area contributed by atoms with Crippen molar-refractivity contribution in [1.82, 2.24) is 15.3 Å². The van der Waals surface area contributed by atoms with Gasteiger partial charge in [0.2, 0.25) is 5.91 Å². The Bertz CT molecular complexity index is 703. The standard InChI is InChI=1S/C14H15F3N4OS/c15-14(16,17)7-18-12(22)9-2-1-4-21(6-9)11-10-3-5-23-13(10)20-8-19-11/h3,5,8-9H,1-2,4,6-7H2,(H,18,22). The Labute approximate surface area is 134 Å². The lowest BCUT2D eigenvalue weighted by molar-refractivity contribution is -0.140. The van der Waals surface area contributed by atoms with E-state index in [2.05, 4.69) is 9.97 Å². The molecule has 3 rings (SSSR count). The summed E-state index contributed by atoms with van der Waals surface area (Å²) < 4.78 is 36.7. The van der Waals surface area contributed by atoms with E-state index in [-0.39, 0.29) is 0 Å². The van der Waals surface area contributed by atoms with Crippen LogP contribution in [0.3, 0.4) is 0 Å². The minimum atomic E-state index is -4.39. The van der Waals surface area contributed by atoms with Crippen molar-refractivity contribution in [3.8, 4) is 0 Å². The van der Waals surface area contributed by atoms with Gasteiger partial charge < -0.3 is 10.2 Å². The molecule has 0 saturated carbocycles. The second-order valence-corrected chi connectivity index (χ2v) is 6.35.